The summed E-state index contributed by atoms with van der Waals surface area (Å²) in [6.45, 7) is 1.75. The van der Waals surface area contributed by atoms with Crippen LogP contribution in [0.4, 0.5) is 0 Å². The average molecular weight is 269 g/mol. The molecule has 2 rings (SSSR count). The van der Waals surface area contributed by atoms with Crippen molar-refractivity contribution in [1.82, 2.24) is 4.90 Å². The second-order valence-corrected chi connectivity index (χ2v) is 4.85. The highest BCUT2D eigenvalue weighted by Crippen LogP contribution is 2.10. The molecule has 0 heterocycles. The van der Waals surface area contributed by atoms with Crippen molar-refractivity contribution in [3.8, 4) is 0 Å². The van der Waals surface area contributed by atoms with Crippen molar-refractivity contribution in [2.24, 2.45) is 0 Å². The minimum atomic E-state index is -0.297. The van der Waals surface area contributed by atoms with Crippen molar-refractivity contribution < 1.29 is 9.53 Å². The SMILES string of the molecule is COC(=O)c1ccc(CN(C)Cc2ccccc2)cc1. The Morgan fingerprint density at radius 2 is 1.50 bits per heavy atom. The van der Waals surface area contributed by atoms with Gasteiger partial charge in [-0.15, -0.1) is 0 Å². The van der Waals surface area contributed by atoms with Crippen LogP contribution in [0.1, 0.15) is 21.5 Å². The molecule has 0 aliphatic carbocycles. The third kappa shape index (κ3) is 3.93. The Balaban J connectivity index is 1.94. The minimum Gasteiger partial charge on any atom is -0.465 e. The van der Waals surface area contributed by atoms with Crippen LogP contribution in [0.3, 0.4) is 0 Å². The molecule has 0 bridgehead atoms. The zero-order valence-electron chi connectivity index (χ0n) is 11.9. The Labute approximate surface area is 119 Å². The van der Waals surface area contributed by atoms with Gasteiger partial charge < -0.3 is 4.74 Å². The third-order valence-corrected chi connectivity index (χ3v) is 3.12. The standard InChI is InChI=1S/C17H19NO2/c1-18(12-14-6-4-3-5-7-14)13-15-8-10-16(11-9-15)17(19)20-2/h3-11H,12-13H2,1-2H3. The fraction of sp³-hybridized carbons (Fsp3) is 0.235. The molecule has 0 fully saturated rings. The van der Waals surface area contributed by atoms with Gasteiger partial charge in [-0.2, -0.15) is 0 Å². The molecule has 0 N–H and O–H groups in total. The Morgan fingerprint density at radius 1 is 0.950 bits per heavy atom. The van der Waals surface area contributed by atoms with Gasteiger partial charge >= 0.3 is 5.97 Å². The van der Waals surface area contributed by atoms with E-state index in [9.17, 15) is 4.79 Å². The van der Waals surface area contributed by atoms with Gasteiger partial charge in [-0.3, -0.25) is 4.90 Å². The van der Waals surface area contributed by atoms with E-state index in [1.54, 1.807) is 12.1 Å². The van der Waals surface area contributed by atoms with Gasteiger partial charge in [0.2, 0.25) is 0 Å². The molecule has 2 aromatic carbocycles. The zero-order valence-corrected chi connectivity index (χ0v) is 11.9. The van der Waals surface area contributed by atoms with E-state index in [4.69, 9.17) is 0 Å². The van der Waals surface area contributed by atoms with Gasteiger partial charge in [-0.05, 0) is 30.3 Å². The highest BCUT2D eigenvalue weighted by molar-refractivity contribution is 5.89. The molecule has 0 saturated carbocycles. The van der Waals surface area contributed by atoms with Gasteiger partial charge in [0.15, 0.2) is 0 Å². The highest BCUT2D eigenvalue weighted by atomic mass is 16.5. The maximum atomic E-state index is 11.4. The topological polar surface area (TPSA) is 29.5 Å². The summed E-state index contributed by atoms with van der Waals surface area (Å²) in [6.07, 6.45) is 0. The fourth-order valence-corrected chi connectivity index (χ4v) is 2.13. The first-order valence-electron chi connectivity index (χ1n) is 6.59. The molecule has 0 aromatic heterocycles. The number of hydrogen-bond donors (Lipinski definition) is 0. The molecule has 0 aliphatic heterocycles. The monoisotopic (exact) mass is 269 g/mol. The Morgan fingerprint density at radius 3 is 2.05 bits per heavy atom. The van der Waals surface area contributed by atoms with Gasteiger partial charge in [0.05, 0.1) is 12.7 Å². The molecule has 0 saturated heterocycles. The molecule has 0 radical (unpaired) electrons. The zero-order chi connectivity index (χ0) is 14.4. The molecule has 0 aliphatic rings. The van der Waals surface area contributed by atoms with Crippen LogP contribution in [0.2, 0.25) is 0 Å². The molecule has 0 atom stereocenters. The summed E-state index contributed by atoms with van der Waals surface area (Å²) in [6, 6.07) is 17.9. The molecule has 0 spiro atoms. The normalized spacial score (nSPS) is 10.6. The van der Waals surface area contributed by atoms with Crippen LogP contribution < -0.4 is 0 Å². The quantitative estimate of drug-likeness (QED) is 0.781. The number of carbonyl (C=O) groups excluding carboxylic acids is 1. The lowest BCUT2D eigenvalue weighted by Gasteiger charge is -2.17. The van der Waals surface area contributed by atoms with Gasteiger partial charge in [0.1, 0.15) is 0 Å². The number of nitrogens with zero attached hydrogens (tertiary/aromatic N) is 1. The molecule has 0 unspecified atom stereocenters. The molecule has 104 valence electrons. The van der Waals surface area contributed by atoms with Crippen LogP contribution in [0, 0.1) is 0 Å². The van der Waals surface area contributed by atoms with Gasteiger partial charge in [-0.25, -0.2) is 4.79 Å². The van der Waals surface area contributed by atoms with Crippen molar-refractivity contribution in [2.75, 3.05) is 14.2 Å². The van der Waals surface area contributed by atoms with Crippen LogP contribution in [0.5, 0.6) is 0 Å². The third-order valence-electron chi connectivity index (χ3n) is 3.12. The van der Waals surface area contributed by atoms with E-state index in [-0.39, 0.29) is 5.97 Å². The molecule has 20 heavy (non-hydrogen) atoms. The number of hydrogen-bond acceptors (Lipinski definition) is 3. The summed E-state index contributed by atoms with van der Waals surface area (Å²) in [5.74, 6) is -0.297. The lowest BCUT2D eigenvalue weighted by Crippen LogP contribution is -2.17. The predicted molar refractivity (Wildman–Crippen MR) is 79.4 cm³/mol. The Hall–Kier alpha value is -2.13. The van der Waals surface area contributed by atoms with Gasteiger partial charge in [0, 0.05) is 13.1 Å². The van der Waals surface area contributed by atoms with E-state index in [0.29, 0.717) is 5.56 Å². The first-order chi connectivity index (χ1) is 9.69. The van der Waals surface area contributed by atoms with Crippen LogP contribution in [-0.2, 0) is 17.8 Å². The average Bonchev–Trinajstić information content (AvgIpc) is 2.48. The molecular weight excluding hydrogens is 250 g/mol. The van der Waals surface area contributed by atoms with E-state index < -0.39 is 0 Å². The Kier molecular flexibility index (Phi) is 4.91. The largest absolute Gasteiger partial charge is 0.465 e. The number of ether oxygens (including phenoxy) is 1. The summed E-state index contributed by atoms with van der Waals surface area (Å²) in [7, 11) is 3.48. The van der Waals surface area contributed by atoms with Crippen molar-refractivity contribution in [2.45, 2.75) is 13.1 Å². The van der Waals surface area contributed by atoms with Gasteiger partial charge in [-0.1, -0.05) is 42.5 Å². The number of benzene rings is 2. The van der Waals surface area contributed by atoms with Crippen LogP contribution in [-0.4, -0.2) is 25.0 Å². The number of methoxy groups -OCH3 is 1. The van der Waals surface area contributed by atoms with Crippen molar-refractivity contribution in [3.63, 3.8) is 0 Å². The van der Waals surface area contributed by atoms with Crippen LogP contribution >= 0.6 is 0 Å². The fourth-order valence-electron chi connectivity index (χ4n) is 2.13. The maximum Gasteiger partial charge on any atom is 0.337 e. The van der Waals surface area contributed by atoms with E-state index in [0.717, 1.165) is 13.1 Å². The van der Waals surface area contributed by atoms with E-state index in [2.05, 4.69) is 28.8 Å². The first kappa shape index (κ1) is 14.3. The second-order valence-electron chi connectivity index (χ2n) is 4.85. The smallest absolute Gasteiger partial charge is 0.337 e. The van der Waals surface area contributed by atoms with Crippen LogP contribution in [0.25, 0.3) is 0 Å². The summed E-state index contributed by atoms with van der Waals surface area (Å²) < 4.78 is 4.69. The minimum absolute atomic E-state index is 0.297. The molecule has 2 aromatic rings. The summed E-state index contributed by atoms with van der Waals surface area (Å²) >= 11 is 0. The molecule has 3 nitrogen and oxygen atoms in total. The summed E-state index contributed by atoms with van der Waals surface area (Å²) in [5.41, 5.74) is 3.05. The summed E-state index contributed by atoms with van der Waals surface area (Å²) in [4.78, 5) is 13.6. The molecule has 0 amide bonds. The van der Waals surface area contributed by atoms with Crippen molar-refractivity contribution in [1.29, 1.82) is 0 Å². The van der Waals surface area contributed by atoms with Crippen LogP contribution in [0.15, 0.2) is 54.6 Å². The Bertz CT molecular complexity index is 549. The van der Waals surface area contributed by atoms with Gasteiger partial charge in [0.25, 0.3) is 0 Å². The predicted octanol–water partition coefficient (Wildman–Crippen LogP) is 3.11. The number of rotatable bonds is 5. The van der Waals surface area contributed by atoms with E-state index in [1.165, 1.54) is 18.2 Å². The number of esters is 1. The van der Waals surface area contributed by atoms with Crippen molar-refractivity contribution in [3.05, 3.63) is 71.3 Å². The highest BCUT2D eigenvalue weighted by Gasteiger charge is 2.06. The van der Waals surface area contributed by atoms with Crippen molar-refractivity contribution >= 4 is 5.97 Å². The second kappa shape index (κ2) is 6.87. The first-order valence-corrected chi connectivity index (χ1v) is 6.59. The van der Waals surface area contributed by atoms with E-state index in [1.807, 2.05) is 30.3 Å². The molecular formula is C17H19NO2. The number of carbonyl (C=O) groups is 1. The lowest BCUT2D eigenvalue weighted by molar-refractivity contribution is 0.0600. The lowest BCUT2D eigenvalue weighted by atomic mass is 10.1. The van der Waals surface area contributed by atoms with E-state index >= 15 is 0 Å². The summed E-state index contributed by atoms with van der Waals surface area (Å²) in [5, 5.41) is 0. The molecule has 3 heteroatoms. The maximum absolute atomic E-state index is 11.4.